The summed E-state index contributed by atoms with van der Waals surface area (Å²) in [7, 11) is 0. The van der Waals surface area contributed by atoms with E-state index in [0.29, 0.717) is 0 Å². The van der Waals surface area contributed by atoms with Crippen molar-refractivity contribution in [1.29, 1.82) is 0 Å². The number of benzene rings is 2. The molecule has 0 saturated heterocycles. The lowest BCUT2D eigenvalue weighted by molar-refractivity contribution is -0.274. The molecule has 1 N–H and O–H groups in total. The Morgan fingerprint density at radius 3 is 2.45 bits per heavy atom. The summed E-state index contributed by atoms with van der Waals surface area (Å²) in [6.07, 6.45) is -4.81. The summed E-state index contributed by atoms with van der Waals surface area (Å²) in [5.74, 6) is -1.04. The highest BCUT2D eigenvalue weighted by Gasteiger charge is 2.31. The van der Waals surface area contributed by atoms with E-state index in [1.165, 1.54) is 30.3 Å². The average molecular weight is 350 g/mol. The number of amides is 1. The van der Waals surface area contributed by atoms with Crippen LogP contribution in [0.2, 0.25) is 10.0 Å². The lowest BCUT2D eigenvalue weighted by Gasteiger charge is -2.11. The fourth-order valence-electron chi connectivity index (χ4n) is 1.65. The topological polar surface area (TPSA) is 38.3 Å². The van der Waals surface area contributed by atoms with Gasteiger partial charge in [-0.3, -0.25) is 4.79 Å². The standard InChI is InChI=1S/C14H8Cl2F3NO2/c15-11-6-2-5-10(12(11)16)13(21)20-8-3-1-4-9(7-8)22-14(17,18)19/h1-7H,(H,20,21). The number of alkyl halides is 3. The summed E-state index contributed by atoms with van der Waals surface area (Å²) in [5.41, 5.74) is 0.235. The number of hydrogen-bond acceptors (Lipinski definition) is 2. The predicted molar refractivity (Wildman–Crippen MR) is 77.5 cm³/mol. The zero-order chi connectivity index (χ0) is 16.3. The highest BCUT2D eigenvalue weighted by atomic mass is 35.5. The number of rotatable bonds is 3. The molecule has 0 aromatic heterocycles. The van der Waals surface area contributed by atoms with Crippen molar-refractivity contribution in [2.45, 2.75) is 6.36 Å². The number of nitrogens with one attached hydrogen (secondary N) is 1. The van der Waals surface area contributed by atoms with Crippen LogP contribution in [-0.2, 0) is 0 Å². The normalized spacial score (nSPS) is 11.1. The molecule has 1 amide bonds. The van der Waals surface area contributed by atoms with E-state index in [1.807, 2.05) is 0 Å². The molecule has 0 unspecified atom stereocenters. The molecule has 0 aliphatic heterocycles. The van der Waals surface area contributed by atoms with Gasteiger partial charge in [0, 0.05) is 11.8 Å². The van der Waals surface area contributed by atoms with Gasteiger partial charge in [-0.15, -0.1) is 13.2 Å². The Morgan fingerprint density at radius 1 is 1.09 bits per heavy atom. The quantitative estimate of drug-likeness (QED) is 0.832. The molecule has 2 aromatic rings. The number of anilines is 1. The van der Waals surface area contributed by atoms with Crippen LogP contribution in [-0.4, -0.2) is 12.3 Å². The van der Waals surface area contributed by atoms with E-state index in [9.17, 15) is 18.0 Å². The smallest absolute Gasteiger partial charge is 0.406 e. The van der Waals surface area contributed by atoms with Crippen LogP contribution in [0.1, 0.15) is 10.4 Å². The third kappa shape index (κ3) is 4.29. The number of halogens is 5. The van der Waals surface area contributed by atoms with Crippen LogP contribution in [0.25, 0.3) is 0 Å². The molecule has 0 aliphatic rings. The van der Waals surface area contributed by atoms with Gasteiger partial charge in [0.05, 0.1) is 15.6 Å². The maximum Gasteiger partial charge on any atom is 0.573 e. The van der Waals surface area contributed by atoms with E-state index >= 15 is 0 Å². The summed E-state index contributed by atoms with van der Waals surface area (Å²) in [5, 5.41) is 2.68. The van der Waals surface area contributed by atoms with Crippen LogP contribution >= 0.6 is 23.2 Å². The third-order valence-corrected chi connectivity index (χ3v) is 3.34. The Balaban J connectivity index is 2.18. The highest BCUT2D eigenvalue weighted by molar-refractivity contribution is 6.44. The second-order valence-corrected chi connectivity index (χ2v) is 4.92. The van der Waals surface area contributed by atoms with E-state index < -0.39 is 18.0 Å². The lowest BCUT2D eigenvalue weighted by atomic mass is 10.2. The zero-order valence-electron chi connectivity index (χ0n) is 10.7. The second kappa shape index (κ2) is 6.46. The van der Waals surface area contributed by atoms with Crippen LogP contribution in [0, 0.1) is 0 Å². The largest absolute Gasteiger partial charge is 0.573 e. The lowest BCUT2D eigenvalue weighted by Crippen LogP contribution is -2.17. The second-order valence-electron chi connectivity index (χ2n) is 4.13. The fraction of sp³-hybridized carbons (Fsp3) is 0.0714. The van der Waals surface area contributed by atoms with Crippen molar-refractivity contribution in [3.8, 4) is 5.75 Å². The molecule has 0 heterocycles. The summed E-state index contributed by atoms with van der Waals surface area (Å²) in [6, 6.07) is 9.39. The Morgan fingerprint density at radius 2 is 1.77 bits per heavy atom. The first-order chi connectivity index (χ1) is 10.3. The minimum absolute atomic E-state index is 0.0596. The van der Waals surface area contributed by atoms with Crippen LogP contribution in [0.4, 0.5) is 18.9 Å². The van der Waals surface area contributed by atoms with Crippen molar-refractivity contribution in [3.63, 3.8) is 0 Å². The van der Waals surface area contributed by atoms with E-state index in [0.717, 1.165) is 12.1 Å². The van der Waals surface area contributed by atoms with E-state index in [-0.39, 0.29) is 21.3 Å². The van der Waals surface area contributed by atoms with Crippen molar-refractivity contribution in [1.82, 2.24) is 0 Å². The van der Waals surface area contributed by atoms with Crippen molar-refractivity contribution in [2.24, 2.45) is 0 Å². The molecule has 0 radical (unpaired) electrons. The first kappa shape index (κ1) is 16.5. The maximum atomic E-state index is 12.2. The Labute approximate surface area is 133 Å². The summed E-state index contributed by atoms with van der Waals surface area (Å²) in [4.78, 5) is 12.1. The fourth-order valence-corrected chi connectivity index (χ4v) is 2.03. The number of carbonyl (C=O) groups excluding carboxylic acids is 1. The molecule has 0 atom stereocenters. The number of hydrogen-bond donors (Lipinski definition) is 1. The van der Waals surface area contributed by atoms with Gasteiger partial charge < -0.3 is 10.1 Å². The molecule has 0 bridgehead atoms. The van der Waals surface area contributed by atoms with Gasteiger partial charge in [0.15, 0.2) is 0 Å². The Hall–Kier alpha value is -1.92. The first-order valence-corrected chi connectivity index (χ1v) is 6.63. The zero-order valence-corrected chi connectivity index (χ0v) is 12.3. The average Bonchev–Trinajstić information content (AvgIpc) is 2.40. The van der Waals surface area contributed by atoms with Gasteiger partial charge >= 0.3 is 6.36 Å². The van der Waals surface area contributed by atoms with E-state index in [1.54, 1.807) is 0 Å². The monoisotopic (exact) mass is 349 g/mol. The minimum Gasteiger partial charge on any atom is -0.406 e. The van der Waals surface area contributed by atoms with Crippen LogP contribution in [0.15, 0.2) is 42.5 Å². The van der Waals surface area contributed by atoms with Crippen LogP contribution < -0.4 is 10.1 Å². The number of ether oxygens (including phenoxy) is 1. The van der Waals surface area contributed by atoms with Gasteiger partial charge in [-0.25, -0.2) is 0 Å². The van der Waals surface area contributed by atoms with Crippen LogP contribution in [0.3, 0.4) is 0 Å². The Kier molecular flexibility index (Phi) is 4.83. The maximum absolute atomic E-state index is 12.2. The molecule has 116 valence electrons. The van der Waals surface area contributed by atoms with E-state index in [2.05, 4.69) is 10.1 Å². The molecule has 2 aromatic carbocycles. The molecule has 8 heteroatoms. The van der Waals surface area contributed by atoms with Gasteiger partial charge in [0.1, 0.15) is 5.75 Å². The molecule has 22 heavy (non-hydrogen) atoms. The molecule has 0 spiro atoms. The van der Waals surface area contributed by atoms with Gasteiger partial charge in [-0.1, -0.05) is 35.3 Å². The third-order valence-electron chi connectivity index (χ3n) is 2.52. The first-order valence-electron chi connectivity index (χ1n) is 5.87. The van der Waals surface area contributed by atoms with Crippen molar-refractivity contribution in [2.75, 3.05) is 5.32 Å². The summed E-state index contributed by atoms with van der Waals surface area (Å²) >= 11 is 11.7. The van der Waals surface area contributed by atoms with Crippen molar-refractivity contribution in [3.05, 3.63) is 58.1 Å². The summed E-state index contributed by atoms with van der Waals surface area (Å²) < 4.78 is 40.2. The Bertz CT molecular complexity index is 705. The SMILES string of the molecule is O=C(Nc1cccc(OC(F)(F)F)c1)c1cccc(Cl)c1Cl. The molecule has 0 saturated carbocycles. The van der Waals surface area contributed by atoms with Gasteiger partial charge in [0.2, 0.25) is 0 Å². The molecular formula is C14H8Cl2F3NO2. The minimum atomic E-state index is -4.81. The van der Waals surface area contributed by atoms with Gasteiger partial charge in [0.25, 0.3) is 5.91 Å². The van der Waals surface area contributed by atoms with Crippen molar-refractivity contribution < 1.29 is 22.7 Å². The summed E-state index contributed by atoms with van der Waals surface area (Å²) in [6.45, 7) is 0. The van der Waals surface area contributed by atoms with Crippen LogP contribution in [0.5, 0.6) is 5.75 Å². The molecule has 0 aliphatic carbocycles. The molecule has 0 fully saturated rings. The number of carbonyl (C=O) groups is 1. The van der Waals surface area contributed by atoms with Gasteiger partial charge in [-0.05, 0) is 24.3 Å². The molecular weight excluding hydrogens is 342 g/mol. The van der Waals surface area contributed by atoms with Gasteiger partial charge in [-0.2, -0.15) is 0 Å². The van der Waals surface area contributed by atoms with Crippen molar-refractivity contribution >= 4 is 34.8 Å². The highest BCUT2D eigenvalue weighted by Crippen LogP contribution is 2.28. The molecule has 3 nitrogen and oxygen atoms in total. The predicted octanol–water partition coefficient (Wildman–Crippen LogP) is 5.14. The molecule has 2 rings (SSSR count). The van der Waals surface area contributed by atoms with E-state index in [4.69, 9.17) is 23.2 Å².